The molecule has 186 valence electrons. The second kappa shape index (κ2) is 11.4. The van der Waals surface area contributed by atoms with E-state index in [2.05, 4.69) is 96.1 Å². The molecule has 0 bridgehead atoms. The number of aromatic nitrogens is 2. The molecule has 1 aliphatic rings. The van der Waals surface area contributed by atoms with Gasteiger partial charge in [0, 0.05) is 30.8 Å². The van der Waals surface area contributed by atoms with E-state index in [9.17, 15) is 0 Å². The molecular formula is C31H35N3O2. The Morgan fingerprint density at radius 2 is 1.50 bits per heavy atom. The number of fused-ring (bicyclic) bond motifs is 1. The fourth-order valence-corrected chi connectivity index (χ4v) is 4.77. The molecule has 1 aliphatic heterocycles. The van der Waals surface area contributed by atoms with Gasteiger partial charge in [0.15, 0.2) is 11.5 Å². The first-order valence-corrected chi connectivity index (χ1v) is 13.1. The van der Waals surface area contributed by atoms with Crippen molar-refractivity contribution in [3.8, 4) is 34.1 Å². The first-order chi connectivity index (χ1) is 17.8. The first kappa shape index (κ1) is 24.1. The Morgan fingerprint density at radius 1 is 0.806 bits per heavy atom. The van der Waals surface area contributed by atoms with Gasteiger partial charge in [0.05, 0.1) is 11.4 Å². The highest BCUT2D eigenvalue weighted by Gasteiger charge is 2.22. The third kappa shape index (κ3) is 5.31. The quantitative estimate of drug-likeness (QED) is 0.249. The van der Waals surface area contributed by atoms with E-state index in [4.69, 9.17) is 14.5 Å². The summed E-state index contributed by atoms with van der Waals surface area (Å²) in [5.41, 5.74) is 5.89. The van der Waals surface area contributed by atoms with Crippen molar-refractivity contribution in [2.24, 2.45) is 0 Å². The summed E-state index contributed by atoms with van der Waals surface area (Å²) in [5, 5.41) is 0. The van der Waals surface area contributed by atoms with Crippen LogP contribution in [0.2, 0.25) is 0 Å². The lowest BCUT2D eigenvalue weighted by molar-refractivity contribution is 0.171. The van der Waals surface area contributed by atoms with Gasteiger partial charge in [-0.25, -0.2) is 4.98 Å². The summed E-state index contributed by atoms with van der Waals surface area (Å²) in [7, 11) is 0. The summed E-state index contributed by atoms with van der Waals surface area (Å²) in [6.07, 6.45) is 2.26. The summed E-state index contributed by atoms with van der Waals surface area (Å²) in [6, 6.07) is 27.5. The van der Waals surface area contributed by atoms with Gasteiger partial charge in [0.1, 0.15) is 19.0 Å². The number of benzene rings is 3. The van der Waals surface area contributed by atoms with E-state index in [1.165, 1.54) is 11.3 Å². The summed E-state index contributed by atoms with van der Waals surface area (Å²) in [6.45, 7) is 9.23. The molecule has 3 aromatic carbocycles. The second-order valence-electron chi connectivity index (χ2n) is 9.25. The summed E-state index contributed by atoms with van der Waals surface area (Å²) >= 11 is 0. The van der Waals surface area contributed by atoms with Crippen LogP contribution in [0.5, 0.6) is 11.5 Å². The monoisotopic (exact) mass is 481 g/mol. The summed E-state index contributed by atoms with van der Waals surface area (Å²) < 4.78 is 14.0. The number of rotatable bonds is 10. The Kier molecular flexibility index (Phi) is 7.67. The largest absolute Gasteiger partial charge is 0.486 e. The molecule has 36 heavy (non-hydrogen) atoms. The lowest BCUT2D eigenvalue weighted by Crippen LogP contribution is -2.25. The van der Waals surface area contributed by atoms with Crippen LogP contribution in [-0.4, -0.2) is 34.2 Å². The van der Waals surface area contributed by atoms with Crippen LogP contribution in [0.1, 0.15) is 37.9 Å². The van der Waals surface area contributed by atoms with Gasteiger partial charge >= 0.3 is 0 Å². The van der Waals surface area contributed by atoms with E-state index < -0.39 is 0 Å². The molecular weight excluding hydrogens is 446 g/mol. The van der Waals surface area contributed by atoms with Gasteiger partial charge in [-0.3, -0.25) is 4.90 Å². The molecule has 0 N–H and O–H groups in total. The highest BCUT2D eigenvalue weighted by molar-refractivity contribution is 5.68. The zero-order valence-corrected chi connectivity index (χ0v) is 21.3. The van der Waals surface area contributed by atoms with E-state index in [0.29, 0.717) is 13.2 Å². The molecule has 0 radical (unpaired) electrons. The summed E-state index contributed by atoms with van der Waals surface area (Å²) in [5.74, 6) is 2.73. The molecule has 0 spiro atoms. The van der Waals surface area contributed by atoms with Crippen LogP contribution < -0.4 is 9.47 Å². The Morgan fingerprint density at radius 3 is 2.19 bits per heavy atom. The predicted octanol–water partition coefficient (Wildman–Crippen LogP) is 6.81. The highest BCUT2D eigenvalue weighted by Crippen LogP contribution is 2.33. The van der Waals surface area contributed by atoms with Crippen LogP contribution in [-0.2, 0) is 19.6 Å². The number of nitrogens with zero attached hydrogens (tertiary/aromatic N) is 3. The van der Waals surface area contributed by atoms with Crippen molar-refractivity contribution in [2.45, 2.75) is 46.3 Å². The molecule has 5 heteroatoms. The minimum atomic E-state index is 0.604. The van der Waals surface area contributed by atoms with E-state index in [1.54, 1.807) is 0 Å². The molecule has 5 nitrogen and oxygen atoms in total. The second-order valence-corrected chi connectivity index (χ2v) is 9.25. The maximum atomic E-state index is 5.83. The van der Waals surface area contributed by atoms with Gasteiger partial charge in [-0.15, -0.1) is 0 Å². The predicted molar refractivity (Wildman–Crippen MR) is 145 cm³/mol. The standard InChI is InChI=1S/C31H35N3O2/c1-3-5-18-34-27(23-33(4-2)22-24-16-17-28-29(21-24)36-20-19-35-28)30(25-12-8-6-9-13-25)32-31(34)26-14-10-7-11-15-26/h6-17,21H,3-5,18-20,22-23H2,1-2H3. The molecule has 0 saturated carbocycles. The van der Waals surface area contributed by atoms with E-state index in [-0.39, 0.29) is 0 Å². The molecule has 4 aromatic rings. The topological polar surface area (TPSA) is 39.5 Å². The van der Waals surface area contributed by atoms with Gasteiger partial charge in [-0.2, -0.15) is 0 Å². The number of ether oxygens (including phenoxy) is 2. The van der Waals surface area contributed by atoms with Crippen LogP contribution in [0.4, 0.5) is 0 Å². The van der Waals surface area contributed by atoms with Gasteiger partial charge in [0.25, 0.3) is 0 Å². The van der Waals surface area contributed by atoms with Gasteiger partial charge < -0.3 is 14.0 Å². The van der Waals surface area contributed by atoms with E-state index in [0.717, 1.165) is 73.2 Å². The molecule has 0 amide bonds. The fraction of sp³-hybridized carbons (Fsp3) is 0.323. The number of hydrogen-bond acceptors (Lipinski definition) is 4. The fourth-order valence-electron chi connectivity index (χ4n) is 4.77. The lowest BCUT2D eigenvalue weighted by Gasteiger charge is -2.24. The van der Waals surface area contributed by atoms with Crippen molar-refractivity contribution in [1.82, 2.24) is 14.5 Å². The normalized spacial score (nSPS) is 12.8. The van der Waals surface area contributed by atoms with Crippen molar-refractivity contribution in [2.75, 3.05) is 19.8 Å². The molecule has 1 aromatic heterocycles. The van der Waals surface area contributed by atoms with E-state index in [1.807, 2.05) is 6.07 Å². The van der Waals surface area contributed by atoms with Crippen LogP contribution in [0, 0.1) is 0 Å². The molecule has 0 atom stereocenters. The molecule has 0 aliphatic carbocycles. The third-order valence-electron chi connectivity index (χ3n) is 6.72. The number of unbranched alkanes of at least 4 members (excludes halogenated alkanes) is 1. The van der Waals surface area contributed by atoms with Crippen LogP contribution in [0.3, 0.4) is 0 Å². The van der Waals surface area contributed by atoms with E-state index >= 15 is 0 Å². The van der Waals surface area contributed by atoms with Crippen LogP contribution in [0.25, 0.3) is 22.6 Å². The van der Waals surface area contributed by atoms with Gasteiger partial charge in [-0.1, -0.05) is 87.0 Å². The van der Waals surface area contributed by atoms with Crippen molar-refractivity contribution in [3.63, 3.8) is 0 Å². The highest BCUT2D eigenvalue weighted by atomic mass is 16.6. The summed E-state index contributed by atoms with van der Waals surface area (Å²) in [4.78, 5) is 7.73. The average molecular weight is 482 g/mol. The minimum absolute atomic E-state index is 0.604. The molecule has 2 heterocycles. The van der Waals surface area contributed by atoms with Crippen molar-refractivity contribution >= 4 is 0 Å². The Bertz CT molecular complexity index is 1270. The van der Waals surface area contributed by atoms with Crippen LogP contribution in [0.15, 0.2) is 78.9 Å². The van der Waals surface area contributed by atoms with Crippen LogP contribution >= 0.6 is 0 Å². The lowest BCUT2D eigenvalue weighted by atomic mass is 10.1. The molecule has 0 saturated heterocycles. The van der Waals surface area contributed by atoms with Crippen molar-refractivity contribution in [3.05, 3.63) is 90.1 Å². The Hall–Kier alpha value is -3.57. The third-order valence-corrected chi connectivity index (χ3v) is 6.72. The maximum absolute atomic E-state index is 5.83. The van der Waals surface area contributed by atoms with Crippen molar-refractivity contribution < 1.29 is 9.47 Å². The number of imidazole rings is 1. The molecule has 5 rings (SSSR count). The first-order valence-electron chi connectivity index (χ1n) is 13.1. The maximum Gasteiger partial charge on any atom is 0.161 e. The molecule has 0 unspecified atom stereocenters. The SMILES string of the molecule is CCCCn1c(-c2ccccc2)nc(-c2ccccc2)c1CN(CC)Cc1ccc2c(c1)OCCO2. The number of hydrogen-bond donors (Lipinski definition) is 0. The zero-order chi connectivity index (χ0) is 24.7. The average Bonchev–Trinajstić information content (AvgIpc) is 3.30. The van der Waals surface area contributed by atoms with Crippen molar-refractivity contribution in [1.29, 1.82) is 0 Å². The Balaban J connectivity index is 1.52. The molecule has 0 fully saturated rings. The zero-order valence-electron chi connectivity index (χ0n) is 21.3. The van der Waals surface area contributed by atoms with Gasteiger partial charge in [0.2, 0.25) is 0 Å². The van der Waals surface area contributed by atoms with Gasteiger partial charge in [-0.05, 0) is 30.7 Å². The minimum Gasteiger partial charge on any atom is -0.486 e. The smallest absolute Gasteiger partial charge is 0.161 e. The Labute approximate surface area is 214 Å².